The zero-order valence-electron chi connectivity index (χ0n) is 6.49. The average molecular weight is 159 g/mol. The van der Waals surface area contributed by atoms with Crippen molar-refractivity contribution in [2.75, 3.05) is 6.54 Å². The number of aliphatic carboxylic acids is 1. The Bertz CT molecular complexity index is 147. The van der Waals surface area contributed by atoms with E-state index in [1.807, 2.05) is 6.92 Å². The minimum atomic E-state index is -1.07. The highest BCUT2D eigenvalue weighted by Crippen LogP contribution is 2.08. The van der Waals surface area contributed by atoms with Crippen LogP contribution in [-0.4, -0.2) is 23.9 Å². The van der Waals surface area contributed by atoms with Crippen LogP contribution in [0.25, 0.3) is 0 Å². The number of rotatable bonds is 5. The molecule has 11 heavy (non-hydrogen) atoms. The second-order valence-corrected chi connectivity index (χ2v) is 2.66. The van der Waals surface area contributed by atoms with Gasteiger partial charge in [0.25, 0.3) is 0 Å². The molecule has 0 aliphatic carbocycles. The van der Waals surface area contributed by atoms with Gasteiger partial charge in [-0.3, -0.25) is 4.79 Å². The van der Waals surface area contributed by atoms with Crippen LogP contribution in [0.3, 0.4) is 0 Å². The van der Waals surface area contributed by atoms with Crippen molar-refractivity contribution in [1.29, 1.82) is 0 Å². The monoisotopic (exact) mass is 159 g/mol. The molecule has 2 atom stereocenters. The molecule has 2 unspecified atom stereocenters. The average Bonchev–Trinajstić information content (AvgIpc) is 1.99. The second-order valence-electron chi connectivity index (χ2n) is 2.66. The summed E-state index contributed by atoms with van der Waals surface area (Å²) in [7, 11) is 0. The van der Waals surface area contributed by atoms with Crippen molar-refractivity contribution in [2.45, 2.75) is 13.3 Å². The Hall–Kier alpha value is -0.900. The first kappa shape index (κ1) is 10.1. The molecule has 0 aliphatic heterocycles. The van der Waals surface area contributed by atoms with Gasteiger partial charge < -0.3 is 15.6 Å². The third kappa shape index (κ3) is 3.72. The van der Waals surface area contributed by atoms with E-state index >= 15 is 0 Å². The van der Waals surface area contributed by atoms with Crippen molar-refractivity contribution in [1.82, 2.24) is 0 Å². The quantitative estimate of drug-likeness (QED) is 0.432. The summed E-state index contributed by atoms with van der Waals surface area (Å²) in [6.45, 7) is 2.23. The van der Waals surface area contributed by atoms with E-state index in [2.05, 4.69) is 0 Å². The van der Waals surface area contributed by atoms with Crippen LogP contribution in [0.2, 0.25) is 0 Å². The normalized spacial score (nSPS) is 15.5. The fourth-order valence-corrected chi connectivity index (χ4v) is 0.744. The first-order chi connectivity index (χ1) is 5.11. The molecule has 0 aliphatic rings. The molecule has 0 saturated carbocycles. The summed E-state index contributed by atoms with van der Waals surface area (Å²) in [5, 5.41) is 8.45. The number of carboxylic acid groups (broad SMARTS) is 1. The van der Waals surface area contributed by atoms with Crippen LogP contribution in [0.4, 0.5) is 0 Å². The van der Waals surface area contributed by atoms with Crippen molar-refractivity contribution >= 4 is 12.3 Å². The largest absolute Gasteiger partial charge is 0.481 e. The van der Waals surface area contributed by atoms with Crippen LogP contribution in [0, 0.1) is 11.8 Å². The molecule has 0 radical (unpaired) electrons. The van der Waals surface area contributed by atoms with E-state index in [-0.39, 0.29) is 5.92 Å². The standard InChI is InChI=1S/C7H13NO3/c1-5(3-8)2-6(4-9)7(10)11/h4-6H,2-3,8H2,1H3,(H,10,11). The topological polar surface area (TPSA) is 80.4 Å². The fraction of sp³-hybridized carbons (Fsp3) is 0.714. The molecule has 4 heteroatoms. The number of hydrogen-bond donors (Lipinski definition) is 2. The summed E-state index contributed by atoms with van der Waals surface area (Å²) in [5.41, 5.74) is 5.27. The molecule has 0 aromatic heterocycles. The molecule has 0 bridgehead atoms. The first-order valence-corrected chi connectivity index (χ1v) is 3.50. The van der Waals surface area contributed by atoms with E-state index in [1.54, 1.807) is 0 Å². The minimum Gasteiger partial charge on any atom is -0.481 e. The molecule has 0 rings (SSSR count). The van der Waals surface area contributed by atoms with Gasteiger partial charge in [0.05, 0.1) is 0 Å². The van der Waals surface area contributed by atoms with Crippen LogP contribution in [0.5, 0.6) is 0 Å². The van der Waals surface area contributed by atoms with Crippen molar-refractivity contribution in [3.05, 3.63) is 0 Å². The van der Waals surface area contributed by atoms with E-state index in [0.29, 0.717) is 19.3 Å². The Balaban J connectivity index is 3.87. The van der Waals surface area contributed by atoms with Gasteiger partial charge in [-0.05, 0) is 18.9 Å². The maximum absolute atomic E-state index is 10.3. The van der Waals surface area contributed by atoms with Gasteiger partial charge in [-0.2, -0.15) is 0 Å². The van der Waals surface area contributed by atoms with Gasteiger partial charge in [0.15, 0.2) is 0 Å². The lowest BCUT2D eigenvalue weighted by molar-refractivity contribution is -0.144. The minimum absolute atomic E-state index is 0.0845. The fourth-order valence-electron chi connectivity index (χ4n) is 0.744. The molecule has 4 nitrogen and oxygen atoms in total. The highest BCUT2D eigenvalue weighted by Gasteiger charge is 2.18. The summed E-state index contributed by atoms with van der Waals surface area (Å²) in [6, 6.07) is 0. The maximum atomic E-state index is 10.3. The van der Waals surface area contributed by atoms with E-state index in [4.69, 9.17) is 10.8 Å². The Labute approximate surface area is 65.4 Å². The first-order valence-electron chi connectivity index (χ1n) is 3.50. The molecular weight excluding hydrogens is 146 g/mol. The zero-order chi connectivity index (χ0) is 8.85. The number of nitrogens with two attached hydrogens (primary N) is 1. The molecule has 64 valence electrons. The van der Waals surface area contributed by atoms with E-state index in [0.717, 1.165) is 0 Å². The lowest BCUT2D eigenvalue weighted by Gasteiger charge is -2.09. The molecular formula is C7H13NO3. The van der Waals surface area contributed by atoms with Crippen molar-refractivity contribution in [3.63, 3.8) is 0 Å². The summed E-state index contributed by atoms with van der Waals surface area (Å²) in [5.74, 6) is -1.88. The molecule has 0 heterocycles. The third-order valence-electron chi connectivity index (χ3n) is 1.54. The van der Waals surface area contributed by atoms with Gasteiger partial charge in [0, 0.05) is 0 Å². The number of aldehydes is 1. The SMILES string of the molecule is CC(CN)CC(C=O)C(=O)O. The summed E-state index contributed by atoms with van der Waals surface area (Å²) < 4.78 is 0. The Morgan fingerprint density at radius 2 is 2.27 bits per heavy atom. The Morgan fingerprint density at radius 3 is 2.55 bits per heavy atom. The highest BCUT2D eigenvalue weighted by atomic mass is 16.4. The van der Waals surface area contributed by atoms with Crippen LogP contribution in [-0.2, 0) is 9.59 Å². The lowest BCUT2D eigenvalue weighted by Crippen LogP contribution is -2.21. The predicted molar refractivity (Wildman–Crippen MR) is 40.0 cm³/mol. The summed E-state index contributed by atoms with van der Waals surface area (Å²) in [6.07, 6.45) is 0.782. The highest BCUT2D eigenvalue weighted by molar-refractivity contribution is 5.86. The number of carboxylic acids is 1. The van der Waals surface area contributed by atoms with E-state index < -0.39 is 11.9 Å². The van der Waals surface area contributed by atoms with Gasteiger partial charge in [0.2, 0.25) is 0 Å². The molecule has 0 aromatic carbocycles. The lowest BCUT2D eigenvalue weighted by atomic mass is 9.97. The summed E-state index contributed by atoms with van der Waals surface area (Å²) >= 11 is 0. The van der Waals surface area contributed by atoms with E-state index in [9.17, 15) is 9.59 Å². The van der Waals surface area contributed by atoms with Crippen molar-refractivity contribution in [2.24, 2.45) is 17.6 Å². The number of carbonyl (C=O) groups excluding carboxylic acids is 1. The second kappa shape index (κ2) is 4.85. The van der Waals surface area contributed by atoms with Crippen molar-refractivity contribution in [3.8, 4) is 0 Å². The van der Waals surface area contributed by atoms with Crippen molar-refractivity contribution < 1.29 is 14.7 Å². The molecule has 0 saturated heterocycles. The van der Waals surface area contributed by atoms with Gasteiger partial charge in [-0.15, -0.1) is 0 Å². The molecule has 0 aromatic rings. The third-order valence-corrected chi connectivity index (χ3v) is 1.54. The van der Waals surface area contributed by atoms with Gasteiger partial charge in [0.1, 0.15) is 12.2 Å². The van der Waals surface area contributed by atoms with Gasteiger partial charge >= 0.3 is 5.97 Å². The van der Waals surface area contributed by atoms with Gasteiger partial charge in [-0.1, -0.05) is 6.92 Å². The van der Waals surface area contributed by atoms with Crippen LogP contribution in [0.1, 0.15) is 13.3 Å². The zero-order valence-corrected chi connectivity index (χ0v) is 6.49. The van der Waals surface area contributed by atoms with Crippen LogP contribution in [0.15, 0.2) is 0 Å². The Kier molecular flexibility index (Phi) is 4.45. The number of hydrogen-bond acceptors (Lipinski definition) is 3. The van der Waals surface area contributed by atoms with Crippen LogP contribution < -0.4 is 5.73 Å². The Morgan fingerprint density at radius 1 is 1.73 bits per heavy atom. The maximum Gasteiger partial charge on any atom is 0.313 e. The predicted octanol–water partition coefficient (Wildman–Crippen LogP) is -0.129. The molecule has 0 amide bonds. The smallest absolute Gasteiger partial charge is 0.313 e. The molecule has 0 fully saturated rings. The summed E-state index contributed by atoms with van der Waals surface area (Å²) in [4.78, 5) is 20.5. The van der Waals surface area contributed by atoms with Crippen LogP contribution >= 0.6 is 0 Å². The molecule has 0 spiro atoms. The van der Waals surface area contributed by atoms with E-state index in [1.165, 1.54) is 0 Å². The number of carbonyl (C=O) groups is 2. The molecule has 3 N–H and O–H groups in total. The van der Waals surface area contributed by atoms with Gasteiger partial charge in [-0.25, -0.2) is 0 Å².